The Balaban J connectivity index is 2.63. The molecule has 1 aromatic heterocycles. The predicted molar refractivity (Wildman–Crippen MR) is 57.8 cm³/mol. The quantitative estimate of drug-likeness (QED) is 0.712. The number of methoxy groups -OCH3 is 2. The van der Waals surface area contributed by atoms with E-state index in [2.05, 4.69) is 5.10 Å². The first-order valence-corrected chi connectivity index (χ1v) is 5.01. The summed E-state index contributed by atoms with van der Waals surface area (Å²) in [6.07, 6.45) is 3.49. The Labute approximate surface area is 90.2 Å². The third kappa shape index (κ3) is 2.94. The molecule has 0 spiro atoms. The van der Waals surface area contributed by atoms with E-state index in [0.717, 1.165) is 30.9 Å². The third-order valence-electron chi connectivity index (χ3n) is 2.38. The van der Waals surface area contributed by atoms with E-state index in [4.69, 9.17) is 15.2 Å². The summed E-state index contributed by atoms with van der Waals surface area (Å²) in [6.45, 7) is 0.730. The van der Waals surface area contributed by atoms with Gasteiger partial charge in [-0.3, -0.25) is 4.68 Å². The zero-order valence-electron chi connectivity index (χ0n) is 9.56. The number of aromatic nitrogens is 2. The number of ether oxygens (including phenoxy) is 2. The topological polar surface area (TPSA) is 62.3 Å². The summed E-state index contributed by atoms with van der Waals surface area (Å²) in [7, 11) is 5.19. The molecule has 0 saturated heterocycles. The molecule has 0 bridgehead atoms. The molecule has 0 aliphatic rings. The Morgan fingerprint density at radius 2 is 2.27 bits per heavy atom. The van der Waals surface area contributed by atoms with Crippen molar-refractivity contribution in [2.45, 2.75) is 18.9 Å². The molecule has 0 saturated carbocycles. The summed E-state index contributed by atoms with van der Waals surface area (Å²) in [5.74, 6) is 0.752. The number of nitrogens with two attached hydrogens (primary N) is 1. The number of aryl methyl sites for hydroxylation is 1. The lowest BCUT2D eigenvalue weighted by Crippen LogP contribution is -2.16. The summed E-state index contributed by atoms with van der Waals surface area (Å²) in [5.41, 5.74) is 7.00. The van der Waals surface area contributed by atoms with E-state index in [0.29, 0.717) is 0 Å². The van der Waals surface area contributed by atoms with Gasteiger partial charge in [0.15, 0.2) is 5.75 Å². The molecule has 0 aliphatic heterocycles. The number of hydrogen-bond donors (Lipinski definition) is 1. The molecule has 5 nitrogen and oxygen atoms in total. The van der Waals surface area contributed by atoms with Crippen molar-refractivity contribution in [1.82, 2.24) is 9.78 Å². The molecular formula is C10H19N3O2. The van der Waals surface area contributed by atoms with Crippen LogP contribution in [0.25, 0.3) is 0 Å². The summed E-state index contributed by atoms with van der Waals surface area (Å²) in [5, 5.41) is 4.12. The zero-order valence-corrected chi connectivity index (χ0v) is 9.56. The monoisotopic (exact) mass is 213 g/mol. The zero-order chi connectivity index (χ0) is 11.3. The van der Waals surface area contributed by atoms with Gasteiger partial charge in [0.2, 0.25) is 0 Å². The van der Waals surface area contributed by atoms with Crippen LogP contribution in [0.15, 0.2) is 6.20 Å². The van der Waals surface area contributed by atoms with Gasteiger partial charge in [-0.25, -0.2) is 0 Å². The van der Waals surface area contributed by atoms with Gasteiger partial charge in [0.25, 0.3) is 0 Å². The van der Waals surface area contributed by atoms with Gasteiger partial charge in [0.05, 0.1) is 25.0 Å². The number of hydrogen-bond acceptors (Lipinski definition) is 4. The maximum absolute atomic E-state index is 6.06. The minimum Gasteiger partial charge on any atom is -0.493 e. The molecule has 0 amide bonds. The standard InChI is InChI=1S/C10H19N3O2/c1-13-10(9(15-3)7-12-13)8(11)5-4-6-14-2/h7-8H,4-6,11H2,1-3H3. The highest BCUT2D eigenvalue weighted by molar-refractivity contribution is 5.27. The first kappa shape index (κ1) is 12.0. The SMILES string of the molecule is COCCCC(N)c1c(OC)cnn1C. The number of nitrogens with zero attached hydrogens (tertiary/aromatic N) is 2. The largest absolute Gasteiger partial charge is 0.493 e. The molecule has 1 aromatic rings. The molecule has 15 heavy (non-hydrogen) atoms. The van der Waals surface area contributed by atoms with Crippen LogP contribution in [0.1, 0.15) is 24.6 Å². The van der Waals surface area contributed by atoms with Crippen LogP contribution >= 0.6 is 0 Å². The van der Waals surface area contributed by atoms with Crippen molar-refractivity contribution in [3.63, 3.8) is 0 Å². The first-order chi connectivity index (χ1) is 7.20. The highest BCUT2D eigenvalue weighted by Gasteiger charge is 2.16. The molecule has 1 heterocycles. The maximum Gasteiger partial charge on any atom is 0.161 e. The average molecular weight is 213 g/mol. The fraction of sp³-hybridized carbons (Fsp3) is 0.700. The third-order valence-corrected chi connectivity index (χ3v) is 2.38. The summed E-state index contributed by atoms with van der Waals surface area (Å²) in [6, 6.07) is -0.0531. The predicted octanol–water partition coefficient (Wildman–Crippen LogP) is 0.855. The highest BCUT2D eigenvalue weighted by atomic mass is 16.5. The van der Waals surface area contributed by atoms with E-state index >= 15 is 0 Å². The second kappa shape index (κ2) is 5.72. The molecule has 2 N–H and O–H groups in total. The molecule has 0 aromatic carbocycles. The van der Waals surface area contributed by atoms with Crippen molar-refractivity contribution in [3.05, 3.63) is 11.9 Å². The van der Waals surface area contributed by atoms with Gasteiger partial charge in [-0.15, -0.1) is 0 Å². The average Bonchev–Trinajstić information content (AvgIpc) is 2.59. The molecule has 0 fully saturated rings. The van der Waals surface area contributed by atoms with Crippen LogP contribution in [-0.2, 0) is 11.8 Å². The lowest BCUT2D eigenvalue weighted by atomic mass is 10.1. The van der Waals surface area contributed by atoms with E-state index in [1.807, 2.05) is 7.05 Å². The Morgan fingerprint density at radius 3 is 2.87 bits per heavy atom. The molecule has 5 heteroatoms. The molecule has 0 radical (unpaired) electrons. The first-order valence-electron chi connectivity index (χ1n) is 5.01. The van der Waals surface area contributed by atoms with Crippen LogP contribution in [0, 0.1) is 0 Å². The molecule has 0 aliphatic carbocycles. The second-order valence-corrected chi connectivity index (χ2v) is 3.46. The van der Waals surface area contributed by atoms with Crippen LogP contribution < -0.4 is 10.5 Å². The van der Waals surface area contributed by atoms with Crippen LogP contribution in [0.4, 0.5) is 0 Å². The van der Waals surface area contributed by atoms with Crippen LogP contribution in [0.3, 0.4) is 0 Å². The maximum atomic E-state index is 6.06. The smallest absolute Gasteiger partial charge is 0.161 e. The Hall–Kier alpha value is -1.07. The van der Waals surface area contributed by atoms with Gasteiger partial charge in [-0.05, 0) is 12.8 Å². The summed E-state index contributed by atoms with van der Waals surface area (Å²) >= 11 is 0. The molecule has 1 atom stereocenters. The van der Waals surface area contributed by atoms with Gasteiger partial charge in [-0.2, -0.15) is 5.10 Å². The van der Waals surface area contributed by atoms with Crippen LogP contribution in [0.2, 0.25) is 0 Å². The Kier molecular flexibility index (Phi) is 4.58. The molecule has 1 unspecified atom stereocenters. The van der Waals surface area contributed by atoms with E-state index in [9.17, 15) is 0 Å². The van der Waals surface area contributed by atoms with Crippen molar-refractivity contribution in [2.75, 3.05) is 20.8 Å². The minimum atomic E-state index is -0.0531. The normalized spacial score (nSPS) is 12.8. The van der Waals surface area contributed by atoms with Crippen molar-refractivity contribution in [1.29, 1.82) is 0 Å². The van der Waals surface area contributed by atoms with Crippen LogP contribution in [-0.4, -0.2) is 30.6 Å². The van der Waals surface area contributed by atoms with Crippen molar-refractivity contribution >= 4 is 0 Å². The highest BCUT2D eigenvalue weighted by Crippen LogP contribution is 2.25. The van der Waals surface area contributed by atoms with Gasteiger partial charge >= 0.3 is 0 Å². The van der Waals surface area contributed by atoms with Crippen LogP contribution in [0.5, 0.6) is 5.75 Å². The lowest BCUT2D eigenvalue weighted by molar-refractivity contribution is 0.190. The van der Waals surface area contributed by atoms with Gasteiger partial charge in [0.1, 0.15) is 0 Å². The van der Waals surface area contributed by atoms with Gasteiger partial charge in [0, 0.05) is 20.8 Å². The van der Waals surface area contributed by atoms with Crippen molar-refractivity contribution in [3.8, 4) is 5.75 Å². The van der Waals surface area contributed by atoms with Crippen molar-refractivity contribution < 1.29 is 9.47 Å². The Morgan fingerprint density at radius 1 is 1.53 bits per heavy atom. The van der Waals surface area contributed by atoms with E-state index < -0.39 is 0 Å². The summed E-state index contributed by atoms with van der Waals surface area (Å²) < 4.78 is 11.9. The van der Waals surface area contributed by atoms with E-state index in [1.165, 1.54) is 0 Å². The molecule has 1 rings (SSSR count). The summed E-state index contributed by atoms with van der Waals surface area (Å²) in [4.78, 5) is 0. The van der Waals surface area contributed by atoms with E-state index in [1.54, 1.807) is 25.1 Å². The second-order valence-electron chi connectivity index (χ2n) is 3.46. The van der Waals surface area contributed by atoms with Crippen molar-refractivity contribution in [2.24, 2.45) is 12.8 Å². The lowest BCUT2D eigenvalue weighted by Gasteiger charge is -2.13. The van der Waals surface area contributed by atoms with E-state index in [-0.39, 0.29) is 6.04 Å². The fourth-order valence-corrected chi connectivity index (χ4v) is 1.59. The molecule has 86 valence electrons. The fourth-order valence-electron chi connectivity index (χ4n) is 1.59. The van der Waals surface area contributed by atoms with Gasteiger partial charge < -0.3 is 15.2 Å². The van der Waals surface area contributed by atoms with Gasteiger partial charge in [-0.1, -0.05) is 0 Å². The Bertz CT molecular complexity index is 299. The number of rotatable bonds is 6. The molecular weight excluding hydrogens is 194 g/mol. The minimum absolute atomic E-state index is 0.0531.